The summed E-state index contributed by atoms with van der Waals surface area (Å²) in [6.07, 6.45) is 1.64. The largest absolute Gasteiger partial charge is 0.490 e. The molecule has 0 N–H and O–H groups in total. The summed E-state index contributed by atoms with van der Waals surface area (Å²) >= 11 is 6.23. The number of carbonyl (C=O) groups excluding carboxylic acids is 1. The van der Waals surface area contributed by atoms with Crippen molar-refractivity contribution in [2.24, 2.45) is 0 Å². The van der Waals surface area contributed by atoms with Gasteiger partial charge in [-0.3, -0.25) is 9.69 Å². The number of ether oxygens (including phenoxy) is 2. The zero-order valence-corrected chi connectivity index (χ0v) is 13.5. The maximum Gasteiger partial charge on any atom is 0.387 e. The van der Waals surface area contributed by atoms with Crippen LogP contribution in [-0.2, 0) is 4.79 Å². The van der Waals surface area contributed by atoms with Crippen molar-refractivity contribution < 1.29 is 23.0 Å². The second kappa shape index (κ2) is 7.06. The number of thioether (sulfide) groups is 1. The van der Waals surface area contributed by atoms with Crippen molar-refractivity contribution in [3.05, 3.63) is 28.7 Å². The van der Waals surface area contributed by atoms with Crippen molar-refractivity contribution in [1.82, 2.24) is 4.90 Å². The average molecular weight is 345 g/mol. The van der Waals surface area contributed by atoms with Crippen LogP contribution in [0.2, 0.25) is 0 Å². The lowest BCUT2D eigenvalue weighted by molar-refractivity contribution is -0.121. The smallest absolute Gasteiger partial charge is 0.387 e. The molecule has 4 nitrogen and oxygen atoms in total. The minimum Gasteiger partial charge on any atom is -0.490 e. The van der Waals surface area contributed by atoms with E-state index >= 15 is 0 Å². The number of benzene rings is 1. The van der Waals surface area contributed by atoms with Crippen molar-refractivity contribution in [3.63, 3.8) is 0 Å². The number of nitrogens with zero attached hydrogens (tertiary/aromatic N) is 1. The van der Waals surface area contributed by atoms with Gasteiger partial charge in [-0.1, -0.05) is 30.0 Å². The third kappa shape index (κ3) is 3.75. The Labute approximate surface area is 136 Å². The van der Waals surface area contributed by atoms with E-state index < -0.39 is 6.61 Å². The van der Waals surface area contributed by atoms with E-state index in [2.05, 4.69) is 4.74 Å². The number of likely N-dealkylation sites (N-methyl/N-ethyl adjacent to an activating group) is 1. The number of alkyl halides is 2. The first-order valence-electron chi connectivity index (χ1n) is 6.35. The summed E-state index contributed by atoms with van der Waals surface area (Å²) in [7, 11) is 1.60. The number of thiocarbonyl (C=S) groups is 1. The Morgan fingerprint density at radius 3 is 2.68 bits per heavy atom. The lowest BCUT2D eigenvalue weighted by atomic mass is 10.2. The van der Waals surface area contributed by atoms with Crippen LogP contribution in [0.3, 0.4) is 0 Å². The van der Waals surface area contributed by atoms with Crippen LogP contribution in [0.5, 0.6) is 11.5 Å². The van der Waals surface area contributed by atoms with E-state index in [4.69, 9.17) is 17.0 Å². The van der Waals surface area contributed by atoms with E-state index in [1.54, 1.807) is 32.2 Å². The summed E-state index contributed by atoms with van der Waals surface area (Å²) in [6, 6.07) is 4.50. The van der Waals surface area contributed by atoms with E-state index in [0.29, 0.717) is 21.4 Å². The summed E-state index contributed by atoms with van der Waals surface area (Å²) in [5, 5.41) is 0. The van der Waals surface area contributed by atoms with E-state index in [-0.39, 0.29) is 17.4 Å². The van der Waals surface area contributed by atoms with Crippen molar-refractivity contribution in [2.45, 2.75) is 13.5 Å². The quantitative estimate of drug-likeness (QED) is 0.603. The van der Waals surface area contributed by atoms with Crippen LogP contribution in [0.15, 0.2) is 23.1 Å². The Balaban J connectivity index is 2.31. The van der Waals surface area contributed by atoms with E-state index in [0.717, 1.165) is 0 Å². The molecule has 118 valence electrons. The fourth-order valence-corrected chi connectivity index (χ4v) is 2.95. The van der Waals surface area contributed by atoms with E-state index in [1.165, 1.54) is 22.7 Å². The highest BCUT2D eigenvalue weighted by Gasteiger charge is 2.28. The molecule has 1 amide bonds. The molecule has 0 atom stereocenters. The number of hydrogen-bond acceptors (Lipinski definition) is 5. The fraction of sp³-hybridized carbons (Fsp3) is 0.286. The Hall–Kier alpha value is -1.67. The molecule has 22 heavy (non-hydrogen) atoms. The summed E-state index contributed by atoms with van der Waals surface area (Å²) in [6.45, 7) is -0.886. The number of hydrogen-bond donors (Lipinski definition) is 0. The predicted molar refractivity (Wildman–Crippen MR) is 85.2 cm³/mol. The van der Waals surface area contributed by atoms with Gasteiger partial charge in [0, 0.05) is 7.05 Å². The third-order valence-corrected chi connectivity index (χ3v) is 4.25. The predicted octanol–water partition coefficient (Wildman–Crippen LogP) is 3.52. The van der Waals surface area contributed by atoms with Crippen LogP contribution in [0, 0.1) is 0 Å². The molecule has 0 radical (unpaired) electrons. The van der Waals surface area contributed by atoms with Gasteiger partial charge in [0.05, 0.1) is 11.5 Å². The van der Waals surface area contributed by atoms with E-state index in [9.17, 15) is 13.6 Å². The standard InChI is InChI=1S/C14H13F2NO3S2/c1-3-19-10-6-8(4-5-9(10)20-13(15)16)7-11-12(18)17(2)14(21)22-11/h4-7,13H,3H2,1-2H3/b11-7+. The molecule has 1 saturated heterocycles. The van der Waals surface area contributed by atoms with Crippen LogP contribution in [0.4, 0.5) is 8.78 Å². The first-order valence-corrected chi connectivity index (χ1v) is 7.58. The number of halogens is 2. The second-order valence-electron chi connectivity index (χ2n) is 4.26. The van der Waals surface area contributed by atoms with Gasteiger partial charge in [0.2, 0.25) is 0 Å². The van der Waals surface area contributed by atoms with Crippen LogP contribution < -0.4 is 9.47 Å². The van der Waals surface area contributed by atoms with Crippen LogP contribution >= 0.6 is 24.0 Å². The van der Waals surface area contributed by atoms with Crippen LogP contribution in [-0.4, -0.2) is 35.4 Å². The van der Waals surface area contributed by atoms with Crippen LogP contribution in [0.1, 0.15) is 12.5 Å². The van der Waals surface area contributed by atoms with Crippen molar-refractivity contribution in [2.75, 3.05) is 13.7 Å². The molecular weight excluding hydrogens is 332 g/mol. The maximum absolute atomic E-state index is 12.3. The van der Waals surface area contributed by atoms with Crippen molar-refractivity contribution >= 4 is 40.3 Å². The summed E-state index contributed by atoms with van der Waals surface area (Å²) < 4.78 is 34.9. The first-order chi connectivity index (χ1) is 10.4. The van der Waals surface area contributed by atoms with Gasteiger partial charge in [-0.25, -0.2) is 0 Å². The number of rotatable bonds is 5. The van der Waals surface area contributed by atoms with Gasteiger partial charge in [0.25, 0.3) is 5.91 Å². The molecule has 0 unspecified atom stereocenters. The minimum atomic E-state index is -2.93. The molecular formula is C14H13F2NO3S2. The molecule has 1 heterocycles. The minimum absolute atomic E-state index is 0.0444. The lowest BCUT2D eigenvalue weighted by Gasteiger charge is -2.11. The Kier molecular flexibility index (Phi) is 5.36. The molecule has 2 rings (SSSR count). The highest BCUT2D eigenvalue weighted by molar-refractivity contribution is 8.26. The molecule has 0 spiro atoms. The normalized spacial score (nSPS) is 16.8. The van der Waals surface area contributed by atoms with Crippen molar-refractivity contribution in [1.29, 1.82) is 0 Å². The molecule has 8 heteroatoms. The monoisotopic (exact) mass is 345 g/mol. The number of amides is 1. The zero-order valence-electron chi connectivity index (χ0n) is 11.8. The molecule has 0 saturated carbocycles. The van der Waals surface area contributed by atoms with Gasteiger partial charge in [0.15, 0.2) is 11.5 Å². The zero-order chi connectivity index (χ0) is 16.3. The van der Waals surface area contributed by atoms with Gasteiger partial charge in [-0.2, -0.15) is 8.78 Å². The summed E-state index contributed by atoms with van der Waals surface area (Å²) in [4.78, 5) is 13.8. The Morgan fingerprint density at radius 2 is 2.14 bits per heavy atom. The molecule has 0 aromatic heterocycles. The number of carbonyl (C=O) groups is 1. The highest BCUT2D eigenvalue weighted by atomic mass is 32.2. The van der Waals surface area contributed by atoms with Crippen molar-refractivity contribution in [3.8, 4) is 11.5 Å². The van der Waals surface area contributed by atoms with Crippen LogP contribution in [0.25, 0.3) is 6.08 Å². The molecule has 1 aromatic carbocycles. The first kappa shape index (κ1) is 16.7. The summed E-state index contributed by atoms with van der Waals surface area (Å²) in [5.74, 6) is -0.0403. The Bertz CT molecular complexity index is 635. The van der Waals surface area contributed by atoms with Gasteiger partial charge in [-0.05, 0) is 30.7 Å². The summed E-state index contributed by atoms with van der Waals surface area (Å²) in [5.41, 5.74) is 0.638. The van der Waals surface area contributed by atoms with Gasteiger partial charge in [0.1, 0.15) is 4.32 Å². The maximum atomic E-state index is 12.3. The van der Waals surface area contributed by atoms with Gasteiger partial charge in [-0.15, -0.1) is 0 Å². The Morgan fingerprint density at radius 1 is 1.41 bits per heavy atom. The topological polar surface area (TPSA) is 38.8 Å². The third-order valence-electron chi connectivity index (χ3n) is 2.77. The molecule has 0 bridgehead atoms. The molecule has 1 aliphatic heterocycles. The second-order valence-corrected chi connectivity index (χ2v) is 5.93. The molecule has 0 aliphatic carbocycles. The lowest BCUT2D eigenvalue weighted by Crippen LogP contribution is -2.22. The van der Waals surface area contributed by atoms with Gasteiger partial charge >= 0.3 is 6.61 Å². The molecule has 1 fully saturated rings. The average Bonchev–Trinajstić information content (AvgIpc) is 2.69. The molecule has 1 aliphatic rings. The van der Waals surface area contributed by atoms with Gasteiger partial charge < -0.3 is 9.47 Å². The highest BCUT2D eigenvalue weighted by Crippen LogP contribution is 2.34. The SMILES string of the molecule is CCOc1cc(/C=C2/SC(=S)N(C)C2=O)ccc1OC(F)F. The van der Waals surface area contributed by atoms with E-state index in [1.807, 2.05) is 0 Å². The fourth-order valence-electron chi connectivity index (χ4n) is 1.77. The molecule has 1 aromatic rings.